The van der Waals surface area contributed by atoms with Crippen molar-refractivity contribution >= 4 is 11.6 Å². The number of halogens is 3. The number of alkyl halides is 3. The number of benzene rings is 1. The van der Waals surface area contributed by atoms with Crippen LogP contribution in [0.15, 0.2) is 18.2 Å². The quantitative estimate of drug-likeness (QED) is 0.714. The van der Waals surface area contributed by atoms with Crippen LogP contribution in [-0.2, 0) is 5.88 Å². The highest BCUT2D eigenvalue weighted by atomic mass is 35.5. The summed E-state index contributed by atoms with van der Waals surface area (Å²) in [7, 11) is 0. The maximum atomic E-state index is 12.3. The largest absolute Gasteiger partial charge is 0.434 e. The summed E-state index contributed by atoms with van der Waals surface area (Å²) in [4.78, 5) is 0. The smallest absolute Gasteiger partial charge is 0.387 e. The zero-order valence-corrected chi connectivity index (χ0v) is 10.2. The van der Waals surface area contributed by atoms with E-state index in [-0.39, 0.29) is 11.6 Å². The fourth-order valence-corrected chi connectivity index (χ4v) is 2.62. The number of ether oxygens (including phenoxy) is 1. The summed E-state index contributed by atoms with van der Waals surface area (Å²) in [5, 5.41) is 0. The minimum Gasteiger partial charge on any atom is -0.434 e. The highest BCUT2D eigenvalue weighted by molar-refractivity contribution is 6.17. The van der Waals surface area contributed by atoms with Gasteiger partial charge in [-0.2, -0.15) is 8.78 Å². The Kier molecular flexibility index (Phi) is 4.21. The van der Waals surface area contributed by atoms with Crippen LogP contribution in [0.2, 0.25) is 0 Å². The molecule has 0 N–H and O–H groups in total. The van der Waals surface area contributed by atoms with Gasteiger partial charge in [-0.15, -0.1) is 11.6 Å². The van der Waals surface area contributed by atoms with Crippen molar-refractivity contribution in [3.05, 3.63) is 29.3 Å². The molecule has 1 fully saturated rings. The van der Waals surface area contributed by atoms with Gasteiger partial charge in [0.05, 0.1) is 5.88 Å². The van der Waals surface area contributed by atoms with Crippen LogP contribution in [0.1, 0.15) is 42.7 Å². The molecule has 0 saturated heterocycles. The standard InChI is InChI=1S/C13H15ClF2O/c14-8-11-6-5-10(9-3-1-2-4-9)7-12(11)17-13(15)16/h5-7,9,13H,1-4,8H2. The first-order valence-corrected chi connectivity index (χ1v) is 6.37. The molecule has 1 saturated carbocycles. The summed E-state index contributed by atoms with van der Waals surface area (Å²) in [6.45, 7) is -2.80. The molecule has 0 atom stereocenters. The third kappa shape index (κ3) is 3.09. The van der Waals surface area contributed by atoms with Crippen molar-refractivity contribution < 1.29 is 13.5 Å². The third-order valence-electron chi connectivity index (χ3n) is 3.28. The molecule has 0 spiro atoms. The van der Waals surface area contributed by atoms with Gasteiger partial charge < -0.3 is 4.74 Å². The molecular weight excluding hydrogens is 246 g/mol. The fourth-order valence-electron chi connectivity index (χ4n) is 2.40. The van der Waals surface area contributed by atoms with E-state index in [2.05, 4.69) is 4.74 Å². The topological polar surface area (TPSA) is 9.23 Å². The second-order valence-electron chi connectivity index (χ2n) is 4.36. The van der Waals surface area contributed by atoms with Gasteiger partial charge in [-0.1, -0.05) is 25.0 Å². The third-order valence-corrected chi connectivity index (χ3v) is 3.57. The average molecular weight is 261 g/mol. The van der Waals surface area contributed by atoms with Gasteiger partial charge in [-0.05, 0) is 30.4 Å². The van der Waals surface area contributed by atoms with E-state index in [0.717, 1.165) is 18.4 Å². The van der Waals surface area contributed by atoms with Crippen LogP contribution in [0.4, 0.5) is 8.78 Å². The first kappa shape index (κ1) is 12.6. The minimum absolute atomic E-state index is 0.188. The molecule has 0 heterocycles. The molecule has 1 aromatic carbocycles. The Morgan fingerprint density at radius 3 is 2.59 bits per heavy atom. The van der Waals surface area contributed by atoms with E-state index in [0.29, 0.717) is 11.5 Å². The molecule has 4 heteroatoms. The van der Waals surface area contributed by atoms with Gasteiger partial charge in [0.2, 0.25) is 0 Å². The zero-order valence-electron chi connectivity index (χ0n) is 9.46. The van der Waals surface area contributed by atoms with Gasteiger partial charge in [-0.25, -0.2) is 0 Å². The molecule has 0 unspecified atom stereocenters. The van der Waals surface area contributed by atoms with Crippen LogP contribution < -0.4 is 4.74 Å². The summed E-state index contributed by atoms with van der Waals surface area (Å²) in [6, 6.07) is 5.49. The minimum atomic E-state index is -2.80. The Balaban J connectivity index is 2.23. The molecular formula is C13H15ClF2O. The summed E-state index contributed by atoms with van der Waals surface area (Å²) in [5.41, 5.74) is 1.71. The van der Waals surface area contributed by atoms with Crippen LogP contribution >= 0.6 is 11.6 Å². The number of rotatable bonds is 4. The molecule has 1 aromatic rings. The Morgan fingerprint density at radius 2 is 2.00 bits per heavy atom. The van der Waals surface area contributed by atoms with E-state index in [1.54, 1.807) is 12.1 Å². The van der Waals surface area contributed by atoms with E-state index in [1.165, 1.54) is 12.8 Å². The van der Waals surface area contributed by atoms with Gasteiger partial charge in [0.25, 0.3) is 0 Å². The SMILES string of the molecule is FC(F)Oc1cc(C2CCCC2)ccc1CCl. The summed E-state index contributed by atoms with van der Waals surface area (Å²) in [5.74, 6) is 0.895. The molecule has 0 amide bonds. The van der Waals surface area contributed by atoms with Crippen LogP contribution in [0, 0.1) is 0 Å². The van der Waals surface area contributed by atoms with Crippen molar-refractivity contribution in [1.29, 1.82) is 0 Å². The van der Waals surface area contributed by atoms with Crippen LogP contribution in [0.25, 0.3) is 0 Å². The average Bonchev–Trinajstić information content (AvgIpc) is 2.81. The van der Waals surface area contributed by atoms with E-state index >= 15 is 0 Å². The first-order valence-electron chi connectivity index (χ1n) is 5.84. The van der Waals surface area contributed by atoms with Gasteiger partial charge in [0.1, 0.15) is 5.75 Å². The molecule has 0 aromatic heterocycles. The van der Waals surface area contributed by atoms with Gasteiger partial charge in [0, 0.05) is 5.56 Å². The number of hydrogen-bond acceptors (Lipinski definition) is 1. The lowest BCUT2D eigenvalue weighted by Crippen LogP contribution is -2.05. The molecule has 0 bridgehead atoms. The normalized spacial score (nSPS) is 16.7. The first-order chi connectivity index (χ1) is 8.20. The van der Waals surface area contributed by atoms with Crippen molar-refractivity contribution in [2.75, 3.05) is 0 Å². The Hall–Kier alpha value is -0.830. The van der Waals surface area contributed by atoms with Crippen molar-refractivity contribution in [2.24, 2.45) is 0 Å². The second kappa shape index (κ2) is 5.67. The molecule has 94 valence electrons. The lowest BCUT2D eigenvalue weighted by molar-refractivity contribution is -0.0503. The molecule has 1 nitrogen and oxygen atoms in total. The van der Waals surface area contributed by atoms with Gasteiger partial charge in [-0.3, -0.25) is 0 Å². The summed E-state index contributed by atoms with van der Waals surface area (Å²) in [6.07, 6.45) is 4.70. The molecule has 2 rings (SSSR count). The van der Waals surface area contributed by atoms with Crippen molar-refractivity contribution in [1.82, 2.24) is 0 Å². The lowest BCUT2D eigenvalue weighted by atomic mass is 9.96. The molecule has 1 aliphatic rings. The van der Waals surface area contributed by atoms with E-state index < -0.39 is 6.61 Å². The second-order valence-corrected chi connectivity index (χ2v) is 4.63. The Bertz CT molecular complexity index is 376. The van der Waals surface area contributed by atoms with Gasteiger partial charge in [0.15, 0.2) is 0 Å². The predicted molar refractivity (Wildman–Crippen MR) is 63.8 cm³/mol. The predicted octanol–water partition coefficient (Wildman–Crippen LogP) is 4.68. The summed E-state index contributed by atoms with van der Waals surface area (Å²) < 4.78 is 29.1. The molecule has 17 heavy (non-hydrogen) atoms. The van der Waals surface area contributed by atoms with E-state index in [1.807, 2.05) is 6.07 Å². The van der Waals surface area contributed by atoms with Crippen molar-refractivity contribution in [2.45, 2.75) is 44.1 Å². The molecule has 1 aliphatic carbocycles. The monoisotopic (exact) mass is 260 g/mol. The van der Waals surface area contributed by atoms with Crippen molar-refractivity contribution in [3.63, 3.8) is 0 Å². The van der Waals surface area contributed by atoms with E-state index in [9.17, 15) is 8.78 Å². The summed E-state index contributed by atoms with van der Waals surface area (Å²) >= 11 is 5.70. The Labute approximate surface area is 105 Å². The molecule has 0 radical (unpaired) electrons. The fraction of sp³-hybridized carbons (Fsp3) is 0.538. The van der Waals surface area contributed by atoms with Crippen LogP contribution in [-0.4, -0.2) is 6.61 Å². The van der Waals surface area contributed by atoms with Crippen molar-refractivity contribution in [3.8, 4) is 5.75 Å². The highest BCUT2D eigenvalue weighted by Crippen LogP contribution is 2.36. The molecule has 0 aliphatic heterocycles. The zero-order chi connectivity index (χ0) is 12.3. The lowest BCUT2D eigenvalue weighted by Gasteiger charge is -2.14. The number of hydrogen-bond donors (Lipinski definition) is 0. The van der Waals surface area contributed by atoms with Crippen LogP contribution in [0.5, 0.6) is 5.75 Å². The highest BCUT2D eigenvalue weighted by Gasteiger charge is 2.19. The van der Waals surface area contributed by atoms with Crippen LogP contribution in [0.3, 0.4) is 0 Å². The maximum Gasteiger partial charge on any atom is 0.387 e. The van der Waals surface area contributed by atoms with E-state index in [4.69, 9.17) is 11.6 Å². The maximum absolute atomic E-state index is 12.3. The Morgan fingerprint density at radius 1 is 1.29 bits per heavy atom. The van der Waals surface area contributed by atoms with Gasteiger partial charge >= 0.3 is 6.61 Å².